The number of ether oxygens (including phenoxy) is 1. The summed E-state index contributed by atoms with van der Waals surface area (Å²) in [5.74, 6) is 0.418. The molecule has 0 bridgehead atoms. The van der Waals surface area contributed by atoms with Gasteiger partial charge < -0.3 is 20.1 Å². The highest BCUT2D eigenvalue weighted by molar-refractivity contribution is 5.85. The molecule has 0 radical (unpaired) electrons. The van der Waals surface area contributed by atoms with Gasteiger partial charge in [0.1, 0.15) is 5.82 Å². The molecule has 1 saturated heterocycles. The van der Waals surface area contributed by atoms with Crippen LogP contribution in [-0.2, 0) is 21.7 Å². The maximum Gasteiger partial charge on any atom is 0.256 e. The fraction of sp³-hybridized carbons (Fsp3) is 0.368. The molecule has 1 aromatic heterocycles. The molecule has 1 aromatic carbocycles. The molecule has 1 aliphatic heterocycles. The lowest BCUT2D eigenvalue weighted by atomic mass is 9.95. The number of carbonyl (C=O) groups is 1. The largest absolute Gasteiger partial charge is 0.378 e. The lowest BCUT2D eigenvalue weighted by Crippen LogP contribution is -2.42. The average Bonchev–Trinajstić information content (AvgIpc) is 2.67. The SMILES string of the molecule is C[C@@](O)(C(=O)NCc1cccnc1N1CCOCC1)c1ccccc1. The second kappa shape index (κ2) is 7.63. The molecule has 1 atom stereocenters. The topological polar surface area (TPSA) is 74.7 Å². The minimum absolute atomic E-state index is 0.308. The first-order chi connectivity index (χ1) is 12.1. The molecule has 2 heterocycles. The molecule has 3 rings (SSSR count). The third-order valence-corrected chi connectivity index (χ3v) is 4.40. The Morgan fingerprint density at radius 2 is 1.96 bits per heavy atom. The number of nitrogens with one attached hydrogen (secondary N) is 1. The molecule has 132 valence electrons. The summed E-state index contributed by atoms with van der Waals surface area (Å²) in [6, 6.07) is 12.7. The molecular weight excluding hydrogens is 318 g/mol. The quantitative estimate of drug-likeness (QED) is 0.861. The summed E-state index contributed by atoms with van der Waals surface area (Å²) in [5.41, 5.74) is -0.100. The van der Waals surface area contributed by atoms with Gasteiger partial charge in [0.05, 0.1) is 13.2 Å². The molecule has 25 heavy (non-hydrogen) atoms. The number of amides is 1. The van der Waals surface area contributed by atoms with E-state index in [1.54, 1.807) is 30.5 Å². The van der Waals surface area contributed by atoms with Crippen LogP contribution in [0.15, 0.2) is 48.7 Å². The van der Waals surface area contributed by atoms with Crippen LogP contribution in [0.4, 0.5) is 5.82 Å². The normalized spacial score (nSPS) is 17.0. The Bertz CT molecular complexity index is 713. The second-order valence-electron chi connectivity index (χ2n) is 6.21. The van der Waals surface area contributed by atoms with Gasteiger partial charge in [-0.1, -0.05) is 36.4 Å². The summed E-state index contributed by atoms with van der Waals surface area (Å²) in [4.78, 5) is 19.1. The molecule has 2 aromatic rings. The Hall–Kier alpha value is -2.44. The number of aromatic nitrogens is 1. The van der Waals surface area contributed by atoms with Crippen LogP contribution in [0, 0.1) is 0 Å². The molecular formula is C19H23N3O3. The van der Waals surface area contributed by atoms with Crippen LogP contribution >= 0.6 is 0 Å². The molecule has 6 nitrogen and oxygen atoms in total. The number of hydrogen-bond donors (Lipinski definition) is 2. The van der Waals surface area contributed by atoms with Crippen LogP contribution < -0.4 is 10.2 Å². The van der Waals surface area contributed by atoms with Crippen LogP contribution in [-0.4, -0.2) is 42.3 Å². The van der Waals surface area contributed by atoms with Crippen molar-refractivity contribution in [1.82, 2.24) is 10.3 Å². The maximum absolute atomic E-state index is 12.5. The third-order valence-electron chi connectivity index (χ3n) is 4.40. The van der Waals surface area contributed by atoms with Gasteiger partial charge in [-0.3, -0.25) is 4.79 Å². The highest BCUT2D eigenvalue weighted by atomic mass is 16.5. The molecule has 1 fully saturated rings. The number of benzene rings is 1. The van der Waals surface area contributed by atoms with Gasteiger partial charge in [-0.05, 0) is 18.6 Å². The van der Waals surface area contributed by atoms with Gasteiger partial charge >= 0.3 is 0 Å². The lowest BCUT2D eigenvalue weighted by molar-refractivity contribution is -0.139. The van der Waals surface area contributed by atoms with E-state index in [0.717, 1.165) is 24.5 Å². The fourth-order valence-electron chi connectivity index (χ4n) is 2.87. The van der Waals surface area contributed by atoms with E-state index in [-0.39, 0.29) is 0 Å². The number of anilines is 1. The van der Waals surface area contributed by atoms with Gasteiger partial charge in [0.15, 0.2) is 5.60 Å². The van der Waals surface area contributed by atoms with Crippen LogP contribution in [0.5, 0.6) is 0 Å². The van der Waals surface area contributed by atoms with Gasteiger partial charge in [0.25, 0.3) is 5.91 Å². The van der Waals surface area contributed by atoms with Crippen LogP contribution in [0.3, 0.4) is 0 Å². The summed E-state index contributed by atoms with van der Waals surface area (Å²) in [6.07, 6.45) is 1.75. The van der Waals surface area contributed by atoms with Gasteiger partial charge in [-0.2, -0.15) is 0 Å². The van der Waals surface area contributed by atoms with Crippen molar-refractivity contribution in [3.8, 4) is 0 Å². The number of carbonyl (C=O) groups excluding carboxylic acids is 1. The van der Waals surface area contributed by atoms with Crippen molar-refractivity contribution in [2.24, 2.45) is 0 Å². The summed E-state index contributed by atoms with van der Waals surface area (Å²) in [6.45, 7) is 4.71. The second-order valence-corrected chi connectivity index (χ2v) is 6.21. The fourth-order valence-corrected chi connectivity index (χ4v) is 2.87. The van der Waals surface area contributed by atoms with E-state index in [4.69, 9.17) is 4.74 Å². The number of rotatable bonds is 5. The van der Waals surface area contributed by atoms with Gasteiger partial charge in [0.2, 0.25) is 0 Å². The van der Waals surface area contributed by atoms with E-state index in [2.05, 4.69) is 15.2 Å². The zero-order chi connectivity index (χ0) is 17.7. The molecule has 0 saturated carbocycles. The van der Waals surface area contributed by atoms with E-state index in [1.807, 2.05) is 18.2 Å². The van der Waals surface area contributed by atoms with Crippen molar-refractivity contribution in [3.05, 3.63) is 59.8 Å². The Morgan fingerprint density at radius 1 is 1.24 bits per heavy atom. The Balaban J connectivity index is 1.70. The molecule has 1 amide bonds. The zero-order valence-electron chi connectivity index (χ0n) is 14.3. The number of hydrogen-bond acceptors (Lipinski definition) is 5. The Labute approximate surface area is 147 Å². The first-order valence-electron chi connectivity index (χ1n) is 8.42. The van der Waals surface area contributed by atoms with Gasteiger partial charge in [-0.25, -0.2) is 4.98 Å². The van der Waals surface area contributed by atoms with Crippen molar-refractivity contribution in [2.45, 2.75) is 19.1 Å². The molecule has 0 unspecified atom stereocenters. The molecule has 0 spiro atoms. The molecule has 0 aliphatic carbocycles. The van der Waals surface area contributed by atoms with Crippen molar-refractivity contribution >= 4 is 11.7 Å². The van der Waals surface area contributed by atoms with E-state index in [9.17, 15) is 9.90 Å². The predicted octanol–water partition coefficient (Wildman–Crippen LogP) is 1.44. The first kappa shape index (κ1) is 17.4. The van der Waals surface area contributed by atoms with Gasteiger partial charge in [-0.15, -0.1) is 0 Å². The average molecular weight is 341 g/mol. The lowest BCUT2D eigenvalue weighted by Gasteiger charge is -2.29. The van der Waals surface area contributed by atoms with E-state index in [0.29, 0.717) is 25.3 Å². The first-order valence-corrected chi connectivity index (χ1v) is 8.42. The van der Waals surface area contributed by atoms with E-state index in [1.165, 1.54) is 6.92 Å². The highest BCUT2D eigenvalue weighted by Gasteiger charge is 2.32. The van der Waals surface area contributed by atoms with Crippen LogP contribution in [0.25, 0.3) is 0 Å². The summed E-state index contributed by atoms with van der Waals surface area (Å²) in [5, 5.41) is 13.4. The zero-order valence-corrected chi connectivity index (χ0v) is 14.3. The van der Waals surface area contributed by atoms with Crippen molar-refractivity contribution in [3.63, 3.8) is 0 Å². The molecule has 1 aliphatic rings. The van der Waals surface area contributed by atoms with E-state index >= 15 is 0 Å². The van der Waals surface area contributed by atoms with Gasteiger partial charge in [0, 0.05) is 31.4 Å². The highest BCUT2D eigenvalue weighted by Crippen LogP contribution is 2.22. The maximum atomic E-state index is 12.5. The van der Waals surface area contributed by atoms with Crippen LogP contribution in [0.1, 0.15) is 18.1 Å². The predicted molar refractivity (Wildman–Crippen MR) is 95.1 cm³/mol. The Morgan fingerprint density at radius 3 is 2.68 bits per heavy atom. The molecule has 2 N–H and O–H groups in total. The molecule has 6 heteroatoms. The Kier molecular flexibility index (Phi) is 5.31. The monoisotopic (exact) mass is 341 g/mol. The number of nitrogens with zero attached hydrogens (tertiary/aromatic N) is 2. The number of pyridine rings is 1. The standard InChI is InChI=1S/C19H23N3O3/c1-19(24,16-7-3-2-4-8-16)18(23)21-14-15-6-5-9-20-17(15)22-10-12-25-13-11-22/h2-9,24H,10-14H2,1H3,(H,21,23)/t19-/m0/s1. The third kappa shape index (κ3) is 3.97. The van der Waals surface area contributed by atoms with E-state index < -0.39 is 11.5 Å². The van der Waals surface area contributed by atoms with Crippen LogP contribution in [0.2, 0.25) is 0 Å². The minimum Gasteiger partial charge on any atom is -0.378 e. The van der Waals surface area contributed by atoms with Crippen molar-refractivity contribution in [1.29, 1.82) is 0 Å². The summed E-state index contributed by atoms with van der Waals surface area (Å²) >= 11 is 0. The number of morpholine rings is 1. The summed E-state index contributed by atoms with van der Waals surface area (Å²) in [7, 11) is 0. The number of aliphatic hydroxyl groups is 1. The summed E-state index contributed by atoms with van der Waals surface area (Å²) < 4.78 is 5.38. The van der Waals surface area contributed by atoms with Crippen molar-refractivity contribution < 1.29 is 14.6 Å². The smallest absolute Gasteiger partial charge is 0.256 e. The van der Waals surface area contributed by atoms with Crippen molar-refractivity contribution in [2.75, 3.05) is 31.2 Å². The minimum atomic E-state index is -1.58.